The van der Waals surface area contributed by atoms with Gasteiger partial charge in [-0.25, -0.2) is 0 Å². The van der Waals surface area contributed by atoms with Crippen LogP contribution < -0.4 is 21.1 Å². The van der Waals surface area contributed by atoms with Gasteiger partial charge in [-0.3, -0.25) is 4.79 Å². The Morgan fingerprint density at radius 1 is 1.37 bits per heavy atom. The first kappa shape index (κ1) is 15.6. The molecule has 108 valence electrons. The van der Waals surface area contributed by atoms with Crippen molar-refractivity contribution in [3.05, 3.63) is 4.88 Å². The molecular weight excluding hydrogens is 266 g/mol. The van der Waals surface area contributed by atoms with Gasteiger partial charge in [0.25, 0.3) is 5.91 Å². The van der Waals surface area contributed by atoms with Crippen LogP contribution in [0.4, 0.5) is 10.7 Å². The third kappa shape index (κ3) is 4.00. The van der Waals surface area contributed by atoms with E-state index in [9.17, 15) is 4.79 Å². The number of ether oxygens (including phenoxy) is 2. The first-order valence-corrected chi connectivity index (χ1v) is 6.94. The van der Waals surface area contributed by atoms with Crippen LogP contribution in [-0.4, -0.2) is 39.8 Å². The van der Waals surface area contributed by atoms with Gasteiger partial charge in [-0.15, -0.1) is 11.3 Å². The SMILES string of the molecule is CCCNC(=O)c1sc(NCCOC)c(OC)c1N. The molecule has 0 unspecified atom stereocenters. The summed E-state index contributed by atoms with van der Waals surface area (Å²) in [6, 6.07) is 0. The molecule has 1 amide bonds. The average molecular weight is 287 g/mol. The monoisotopic (exact) mass is 287 g/mol. The molecule has 0 aromatic carbocycles. The summed E-state index contributed by atoms with van der Waals surface area (Å²) in [4.78, 5) is 12.4. The Labute approximate surface area is 117 Å². The number of anilines is 2. The Bertz CT molecular complexity index is 421. The van der Waals surface area contributed by atoms with E-state index in [-0.39, 0.29) is 5.91 Å². The van der Waals surface area contributed by atoms with E-state index in [1.807, 2.05) is 6.92 Å². The Morgan fingerprint density at radius 3 is 2.68 bits per heavy atom. The van der Waals surface area contributed by atoms with Crippen LogP contribution in [0.2, 0.25) is 0 Å². The summed E-state index contributed by atoms with van der Waals surface area (Å²) in [5.41, 5.74) is 6.32. The van der Waals surface area contributed by atoms with Crippen molar-refractivity contribution in [2.75, 3.05) is 45.0 Å². The highest BCUT2D eigenvalue weighted by Crippen LogP contribution is 2.42. The third-order valence-corrected chi connectivity index (χ3v) is 3.58. The summed E-state index contributed by atoms with van der Waals surface area (Å²) in [7, 11) is 3.17. The smallest absolute Gasteiger partial charge is 0.263 e. The number of hydrogen-bond donors (Lipinski definition) is 3. The number of carbonyl (C=O) groups is 1. The van der Waals surface area contributed by atoms with E-state index < -0.39 is 0 Å². The van der Waals surface area contributed by atoms with Crippen molar-refractivity contribution in [3.63, 3.8) is 0 Å². The van der Waals surface area contributed by atoms with Crippen LogP contribution in [-0.2, 0) is 4.74 Å². The molecule has 7 heteroatoms. The molecule has 0 saturated heterocycles. The van der Waals surface area contributed by atoms with Crippen molar-refractivity contribution < 1.29 is 14.3 Å². The highest BCUT2D eigenvalue weighted by atomic mass is 32.1. The second kappa shape index (κ2) is 7.85. The first-order valence-electron chi connectivity index (χ1n) is 6.12. The van der Waals surface area contributed by atoms with Crippen LogP contribution in [0.25, 0.3) is 0 Å². The number of amides is 1. The lowest BCUT2D eigenvalue weighted by Gasteiger charge is -2.05. The van der Waals surface area contributed by atoms with Crippen LogP contribution in [0, 0.1) is 0 Å². The summed E-state index contributed by atoms with van der Waals surface area (Å²) >= 11 is 1.29. The number of hydrogen-bond acceptors (Lipinski definition) is 6. The van der Waals surface area contributed by atoms with Crippen LogP contribution in [0.5, 0.6) is 5.75 Å². The molecule has 0 bridgehead atoms. The standard InChI is InChI=1S/C12H21N3O3S/c1-4-5-14-11(16)10-8(13)9(18-3)12(19-10)15-6-7-17-2/h15H,4-7,13H2,1-3H3,(H,14,16). The average Bonchev–Trinajstić information content (AvgIpc) is 2.72. The van der Waals surface area contributed by atoms with Crippen molar-refractivity contribution in [2.24, 2.45) is 0 Å². The number of nitrogens with one attached hydrogen (secondary N) is 2. The van der Waals surface area contributed by atoms with Gasteiger partial charge < -0.3 is 25.8 Å². The van der Waals surface area contributed by atoms with Gasteiger partial charge in [0.1, 0.15) is 15.6 Å². The third-order valence-electron chi connectivity index (χ3n) is 2.44. The lowest BCUT2D eigenvalue weighted by Crippen LogP contribution is -2.23. The van der Waals surface area contributed by atoms with Gasteiger partial charge in [0.15, 0.2) is 5.75 Å². The minimum atomic E-state index is -0.164. The molecule has 19 heavy (non-hydrogen) atoms. The Morgan fingerprint density at radius 2 is 2.11 bits per heavy atom. The molecule has 1 aromatic rings. The molecule has 1 aromatic heterocycles. The fraction of sp³-hybridized carbons (Fsp3) is 0.583. The van der Waals surface area contributed by atoms with E-state index in [0.717, 1.165) is 11.4 Å². The van der Waals surface area contributed by atoms with Crippen LogP contribution in [0.3, 0.4) is 0 Å². The van der Waals surface area contributed by atoms with E-state index in [2.05, 4.69) is 10.6 Å². The van der Waals surface area contributed by atoms with E-state index in [1.54, 1.807) is 7.11 Å². The molecule has 0 saturated carbocycles. The van der Waals surface area contributed by atoms with Gasteiger partial charge in [0, 0.05) is 20.2 Å². The maximum atomic E-state index is 11.9. The van der Waals surface area contributed by atoms with Crippen LogP contribution in [0.1, 0.15) is 23.0 Å². The number of nitrogens with two attached hydrogens (primary N) is 1. The number of thiophene rings is 1. The maximum Gasteiger partial charge on any atom is 0.263 e. The molecule has 0 spiro atoms. The summed E-state index contributed by atoms with van der Waals surface area (Å²) in [5.74, 6) is 0.352. The van der Waals surface area contributed by atoms with E-state index in [4.69, 9.17) is 15.2 Å². The lowest BCUT2D eigenvalue weighted by molar-refractivity contribution is 0.0958. The molecule has 0 radical (unpaired) electrons. The number of methoxy groups -OCH3 is 2. The van der Waals surface area contributed by atoms with Gasteiger partial charge in [0.05, 0.1) is 13.7 Å². The Kier molecular flexibility index (Phi) is 6.44. The molecule has 0 aliphatic rings. The molecule has 0 fully saturated rings. The van der Waals surface area contributed by atoms with Crippen molar-refractivity contribution in [1.29, 1.82) is 0 Å². The molecule has 6 nitrogen and oxygen atoms in total. The molecule has 0 atom stereocenters. The topological polar surface area (TPSA) is 85.6 Å². The zero-order valence-electron chi connectivity index (χ0n) is 11.5. The highest BCUT2D eigenvalue weighted by molar-refractivity contribution is 7.19. The number of rotatable bonds is 8. The highest BCUT2D eigenvalue weighted by Gasteiger charge is 2.21. The lowest BCUT2D eigenvalue weighted by atomic mass is 10.3. The van der Waals surface area contributed by atoms with Gasteiger partial charge in [-0.1, -0.05) is 6.92 Å². The molecular formula is C12H21N3O3S. The van der Waals surface area contributed by atoms with Crippen molar-refractivity contribution >= 4 is 27.9 Å². The quantitative estimate of drug-likeness (QED) is 0.631. The number of carbonyl (C=O) groups excluding carboxylic acids is 1. The maximum absolute atomic E-state index is 11.9. The first-order chi connectivity index (χ1) is 9.15. The second-order valence-corrected chi connectivity index (χ2v) is 4.90. The van der Waals surface area contributed by atoms with E-state index >= 15 is 0 Å². The normalized spacial score (nSPS) is 10.3. The van der Waals surface area contributed by atoms with Gasteiger partial charge in [-0.05, 0) is 6.42 Å². The Balaban J connectivity index is 2.85. The van der Waals surface area contributed by atoms with Gasteiger partial charge in [0.2, 0.25) is 0 Å². The molecule has 4 N–H and O–H groups in total. The number of nitrogen functional groups attached to an aromatic ring is 1. The van der Waals surface area contributed by atoms with Crippen molar-refractivity contribution in [3.8, 4) is 5.75 Å². The molecule has 1 heterocycles. The van der Waals surface area contributed by atoms with Crippen molar-refractivity contribution in [2.45, 2.75) is 13.3 Å². The predicted molar refractivity (Wildman–Crippen MR) is 78.3 cm³/mol. The summed E-state index contributed by atoms with van der Waals surface area (Å²) in [6.07, 6.45) is 0.882. The predicted octanol–water partition coefficient (Wildman–Crippen LogP) is 1.54. The molecule has 0 aliphatic carbocycles. The summed E-state index contributed by atoms with van der Waals surface area (Å²) < 4.78 is 10.2. The minimum Gasteiger partial charge on any atom is -0.492 e. The van der Waals surface area contributed by atoms with Crippen molar-refractivity contribution in [1.82, 2.24) is 5.32 Å². The fourth-order valence-electron chi connectivity index (χ4n) is 1.50. The molecule has 0 aliphatic heterocycles. The Hall–Kier alpha value is -1.47. The fourth-order valence-corrected chi connectivity index (χ4v) is 2.53. The van der Waals surface area contributed by atoms with Gasteiger partial charge >= 0.3 is 0 Å². The summed E-state index contributed by atoms with van der Waals surface area (Å²) in [6.45, 7) is 3.82. The zero-order valence-corrected chi connectivity index (χ0v) is 12.4. The summed E-state index contributed by atoms with van der Waals surface area (Å²) in [5, 5.41) is 6.70. The zero-order chi connectivity index (χ0) is 14.3. The second-order valence-electron chi connectivity index (χ2n) is 3.88. The minimum absolute atomic E-state index is 0.164. The largest absolute Gasteiger partial charge is 0.492 e. The van der Waals surface area contributed by atoms with Crippen LogP contribution >= 0.6 is 11.3 Å². The van der Waals surface area contributed by atoms with E-state index in [0.29, 0.717) is 36.0 Å². The van der Waals surface area contributed by atoms with Crippen LogP contribution in [0.15, 0.2) is 0 Å². The van der Waals surface area contributed by atoms with E-state index in [1.165, 1.54) is 18.4 Å². The molecule has 1 rings (SSSR count). The van der Waals surface area contributed by atoms with Gasteiger partial charge in [-0.2, -0.15) is 0 Å².